The van der Waals surface area contributed by atoms with Gasteiger partial charge in [-0.3, -0.25) is 14.9 Å². The lowest BCUT2D eigenvalue weighted by molar-refractivity contribution is 0.0945. The number of hydrazine groups is 1. The minimum Gasteiger partial charge on any atom is -0.279 e. The third-order valence-electron chi connectivity index (χ3n) is 4.23. The summed E-state index contributed by atoms with van der Waals surface area (Å²) in [6.07, 6.45) is 1.80. The molecule has 0 atom stereocenters. The second-order valence-corrected chi connectivity index (χ2v) is 11.1. The molecule has 0 aliphatic rings. The second-order valence-electron chi connectivity index (χ2n) is 6.57. The number of aryl methyl sites for hydroxylation is 1. The van der Waals surface area contributed by atoms with Gasteiger partial charge in [0.1, 0.15) is 4.21 Å². The van der Waals surface area contributed by atoms with Crippen LogP contribution in [0.4, 0.5) is 5.69 Å². The minimum atomic E-state index is -3.92. The molecule has 0 fully saturated rings. The molecule has 0 aliphatic heterocycles. The summed E-state index contributed by atoms with van der Waals surface area (Å²) in [6, 6.07) is 15.1. The number of hydrogen-bond acceptors (Lipinski definition) is 6. The van der Waals surface area contributed by atoms with E-state index in [1.165, 1.54) is 42.5 Å². The number of anilines is 1. The third-order valence-corrected chi connectivity index (χ3v) is 8.27. The van der Waals surface area contributed by atoms with Crippen LogP contribution in [0, 0.1) is 0 Å². The molecule has 0 bridgehead atoms. The van der Waals surface area contributed by atoms with E-state index in [4.69, 9.17) is 0 Å². The number of nitrogens with one attached hydrogen (secondary N) is 3. The van der Waals surface area contributed by atoms with Crippen LogP contribution in [0.3, 0.4) is 0 Å². The Balaban J connectivity index is 1.61. The van der Waals surface area contributed by atoms with Gasteiger partial charge in [0.15, 0.2) is 0 Å². The van der Waals surface area contributed by atoms with E-state index in [1.807, 2.05) is 6.92 Å². The van der Waals surface area contributed by atoms with Crippen LogP contribution in [0.1, 0.15) is 29.3 Å². The van der Waals surface area contributed by atoms with E-state index in [9.17, 15) is 21.6 Å². The summed E-state index contributed by atoms with van der Waals surface area (Å²) in [5.41, 5.74) is 3.61. The van der Waals surface area contributed by atoms with Gasteiger partial charge in [-0.05, 0) is 59.8 Å². The minimum absolute atomic E-state index is 0.0333. The normalized spacial score (nSPS) is 11.8. The Morgan fingerprint density at radius 1 is 0.903 bits per heavy atom. The molecule has 164 valence electrons. The maximum absolute atomic E-state index is 12.4. The highest BCUT2D eigenvalue weighted by Gasteiger charge is 2.17. The number of rotatable bonds is 9. The Morgan fingerprint density at radius 3 is 2.16 bits per heavy atom. The van der Waals surface area contributed by atoms with Gasteiger partial charge in [-0.2, -0.15) is 0 Å². The van der Waals surface area contributed by atoms with Crippen LogP contribution < -0.4 is 15.0 Å². The van der Waals surface area contributed by atoms with Crippen LogP contribution in [-0.2, 0) is 26.5 Å². The summed E-state index contributed by atoms with van der Waals surface area (Å²) in [5, 5.41) is 1.66. The fourth-order valence-electron chi connectivity index (χ4n) is 2.68. The van der Waals surface area contributed by atoms with Gasteiger partial charge in [0.2, 0.25) is 0 Å². The molecular weight excluding hydrogens is 458 g/mol. The van der Waals surface area contributed by atoms with Crippen molar-refractivity contribution >= 4 is 43.0 Å². The van der Waals surface area contributed by atoms with Crippen molar-refractivity contribution in [3.05, 3.63) is 77.2 Å². The number of sulfonamides is 2. The van der Waals surface area contributed by atoms with E-state index < -0.39 is 26.0 Å². The van der Waals surface area contributed by atoms with Crippen molar-refractivity contribution < 1.29 is 21.6 Å². The molecule has 0 spiro atoms. The fourth-order valence-corrected chi connectivity index (χ4v) is 5.57. The zero-order chi connectivity index (χ0) is 22.5. The molecule has 3 N–H and O–H groups in total. The molecule has 3 aromatic rings. The molecule has 0 saturated carbocycles. The molecule has 1 aromatic heterocycles. The summed E-state index contributed by atoms with van der Waals surface area (Å²) in [7, 11) is -7.62. The maximum Gasteiger partial charge on any atom is 0.271 e. The molecule has 8 nitrogen and oxygen atoms in total. The number of amides is 1. The molecule has 1 heterocycles. The van der Waals surface area contributed by atoms with E-state index in [-0.39, 0.29) is 20.4 Å². The van der Waals surface area contributed by atoms with Gasteiger partial charge in [-0.15, -0.1) is 16.2 Å². The van der Waals surface area contributed by atoms with Crippen molar-refractivity contribution in [2.45, 2.75) is 28.9 Å². The topological polar surface area (TPSA) is 121 Å². The van der Waals surface area contributed by atoms with Gasteiger partial charge < -0.3 is 0 Å². The van der Waals surface area contributed by atoms with E-state index in [2.05, 4.69) is 15.0 Å². The van der Waals surface area contributed by atoms with Crippen molar-refractivity contribution in [3.8, 4) is 0 Å². The summed E-state index contributed by atoms with van der Waals surface area (Å²) in [4.78, 5) is 14.4. The summed E-state index contributed by atoms with van der Waals surface area (Å²) in [5.74, 6) is -0.682. The summed E-state index contributed by atoms with van der Waals surface area (Å²) < 4.78 is 51.8. The fraction of sp³-hybridized carbons (Fsp3) is 0.150. The van der Waals surface area contributed by atoms with E-state index in [0.717, 1.165) is 29.7 Å². The monoisotopic (exact) mass is 479 g/mol. The SMILES string of the molecule is CCCc1ccc(S(=O)(=O)NNC(=O)c2ccc(NS(=O)(=O)c3cccs3)cc2)cc1. The quantitative estimate of drug-likeness (QED) is 0.407. The molecule has 0 unspecified atom stereocenters. The van der Waals surface area contributed by atoms with Crippen LogP contribution in [0.5, 0.6) is 0 Å². The van der Waals surface area contributed by atoms with Gasteiger partial charge >= 0.3 is 0 Å². The Kier molecular flexibility index (Phi) is 7.11. The van der Waals surface area contributed by atoms with Crippen molar-refractivity contribution in [1.29, 1.82) is 0 Å². The molecule has 31 heavy (non-hydrogen) atoms. The van der Waals surface area contributed by atoms with Gasteiger partial charge in [0.05, 0.1) is 4.90 Å². The zero-order valence-electron chi connectivity index (χ0n) is 16.5. The molecule has 0 aliphatic carbocycles. The maximum atomic E-state index is 12.4. The van der Waals surface area contributed by atoms with Crippen LogP contribution in [0.2, 0.25) is 0 Å². The van der Waals surface area contributed by atoms with Crippen molar-refractivity contribution in [2.24, 2.45) is 0 Å². The number of benzene rings is 2. The lowest BCUT2D eigenvalue weighted by Crippen LogP contribution is -2.41. The number of carbonyl (C=O) groups excluding carboxylic acids is 1. The zero-order valence-corrected chi connectivity index (χ0v) is 19.0. The predicted octanol–water partition coefficient (Wildman–Crippen LogP) is 3.12. The van der Waals surface area contributed by atoms with Crippen LogP contribution in [-0.4, -0.2) is 22.7 Å². The molecule has 0 saturated heterocycles. The number of hydrogen-bond donors (Lipinski definition) is 3. The molecule has 11 heteroatoms. The van der Waals surface area contributed by atoms with Gasteiger partial charge in [0.25, 0.3) is 26.0 Å². The largest absolute Gasteiger partial charge is 0.279 e. The Labute approximate surface area is 185 Å². The first-order chi connectivity index (χ1) is 14.7. The predicted molar refractivity (Wildman–Crippen MR) is 120 cm³/mol. The molecular formula is C20H21N3O5S3. The van der Waals surface area contributed by atoms with Crippen LogP contribution >= 0.6 is 11.3 Å². The van der Waals surface area contributed by atoms with Gasteiger partial charge in [-0.1, -0.05) is 31.5 Å². The smallest absolute Gasteiger partial charge is 0.271 e. The van der Waals surface area contributed by atoms with Crippen molar-refractivity contribution in [1.82, 2.24) is 10.3 Å². The van der Waals surface area contributed by atoms with E-state index >= 15 is 0 Å². The highest BCUT2D eigenvalue weighted by molar-refractivity contribution is 7.94. The van der Waals surface area contributed by atoms with E-state index in [1.54, 1.807) is 23.6 Å². The Hall–Kier alpha value is -2.73. The Bertz CT molecular complexity index is 1240. The van der Waals surface area contributed by atoms with Gasteiger partial charge in [-0.25, -0.2) is 16.8 Å². The Morgan fingerprint density at radius 2 is 1.58 bits per heavy atom. The first kappa shape index (κ1) is 22.9. The summed E-state index contributed by atoms with van der Waals surface area (Å²) >= 11 is 1.09. The first-order valence-electron chi connectivity index (χ1n) is 9.29. The second kappa shape index (κ2) is 9.60. The van der Waals surface area contributed by atoms with Crippen molar-refractivity contribution in [3.63, 3.8) is 0 Å². The molecule has 3 rings (SSSR count). The van der Waals surface area contributed by atoms with Gasteiger partial charge in [0, 0.05) is 11.3 Å². The van der Waals surface area contributed by atoms with E-state index in [0.29, 0.717) is 0 Å². The number of carbonyl (C=O) groups is 1. The molecule has 1 amide bonds. The molecule has 2 aromatic carbocycles. The highest BCUT2D eigenvalue weighted by atomic mass is 32.2. The standard InChI is InChI=1S/C20H21N3O5S3/c1-2-4-15-6-12-18(13-7-15)30(25,26)23-21-20(24)16-8-10-17(11-9-16)22-31(27,28)19-5-3-14-29-19/h3,5-14,22-23H,2,4H2,1H3,(H,21,24). The molecule has 0 radical (unpaired) electrons. The third kappa shape index (κ3) is 5.91. The first-order valence-corrected chi connectivity index (χ1v) is 13.1. The number of thiophene rings is 1. The summed E-state index contributed by atoms with van der Waals surface area (Å²) in [6.45, 7) is 2.03. The lowest BCUT2D eigenvalue weighted by Gasteiger charge is -2.10. The van der Waals surface area contributed by atoms with Crippen LogP contribution in [0.25, 0.3) is 0 Å². The highest BCUT2D eigenvalue weighted by Crippen LogP contribution is 2.20. The van der Waals surface area contributed by atoms with Crippen LogP contribution in [0.15, 0.2) is 75.1 Å². The average molecular weight is 480 g/mol. The van der Waals surface area contributed by atoms with Crippen molar-refractivity contribution in [2.75, 3.05) is 4.72 Å². The lowest BCUT2D eigenvalue weighted by atomic mass is 10.1. The average Bonchev–Trinajstić information content (AvgIpc) is 3.29.